The van der Waals surface area contributed by atoms with Gasteiger partial charge in [0.1, 0.15) is 6.04 Å². The zero-order valence-electron chi connectivity index (χ0n) is 18.3. The molecule has 6 nitrogen and oxygen atoms in total. The number of aryl methyl sites for hydroxylation is 1. The summed E-state index contributed by atoms with van der Waals surface area (Å²) in [5.41, 5.74) is 3.28. The van der Waals surface area contributed by atoms with E-state index in [0.717, 1.165) is 16.7 Å². The first kappa shape index (κ1) is 22.7. The smallest absolute Gasteiger partial charge is 0.337 e. The van der Waals surface area contributed by atoms with Crippen LogP contribution in [0, 0.1) is 6.92 Å². The van der Waals surface area contributed by atoms with Crippen LogP contribution in [0.3, 0.4) is 0 Å². The van der Waals surface area contributed by atoms with Crippen molar-refractivity contribution in [3.05, 3.63) is 101 Å². The summed E-state index contributed by atoms with van der Waals surface area (Å²) >= 11 is 0. The fraction of sp³-hybridized carbons (Fsp3) is 0.192. The van der Waals surface area contributed by atoms with Crippen molar-refractivity contribution in [2.45, 2.75) is 25.8 Å². The maximum Gasteiger partial charge on any atom is 0.337 e. The van der Waals surface area contributed by atoms with Gasteiger partial charge >= 0.3 is 5.97 Å². The van der Waals surface area contributed by atoms with E-state index in [0.29, 0.717) is 11.3 Å². The highest BCUT2D eigenvalue weighted by Gasteiger charge is 2.26. The molecule has 0 radical (unpaired) electrons. The summed E-state index contributed by atoms with van der Waals surface area (Å²) < 4.78 is 4.74. The Bertz CT molecular complexity index is 1060. The van der Waals surface area contributed by atoms with Crippen LogP contribution < -0.4 is 10.6 Å². The molecule has 3 rings (SSSR count). The standard InChI is InChI=1S/C26H26N2O4/c1-17-14-15-21(26(31)32-3)16-22(17)28-24(29)18(2)27-25(30)23(19-10-6-4-7-11-19)20-12-8-5-9-13-20/h4-16,18,23H,1-3H3,(H,27,30)(H,28,29). The minimum Gasteiger partial charge on any atom is -0.465 e. The van der Waals surface area contributed by atoms with Crippen molar-refractivity contribution >= 4 is 23.5 Å². The number of carbonyl (C=O) groups excluding carboxylic acids is 3. The molecule has 0 aliphatic rings. The van der Waals surface area contributed by atoms with Gasteiger partial charge < -0.3 is 15.4 Å². The van der Waals surface area contributed by atoms with Crippen LogP contribution in [0.15, 0.2) is 78.9 Å². The number of amides is 2. The first-order chi connectivity index (χ1) is 15.4. The van der Waals surface area contributed by atoms with E-state index in [-0.39, 0.29) is 11.8 Å². The molecular formula is C26H26N2O4. The number of hydrogen-bond donors (Lipinski definition) is 2. The van der Waals surface area contributed by atoms with Gasteiger partial charge in [0, 0.05) is 5.69 Å². The van der Waals surface area contributed by atoms with Crippen molar-refractivity contribution in [3.8, 4) is 0 Å². The summed E-state index contributed by atoms with van der Waals surface area (Å²) in [6, 6.07) is 23.0. The normalized spacial score (nSPS) is 11.5. The van der Waals surface area contributed by atoms with E-state index in [1.165, 1.54) is 7.11 Å². The van der Waals surface area contributed by atoms with Crippen LogP contribution >= 0.6 is 0 Å². The Morgan fingerprint density at radius 3 is 1.91 bits per heavy atom. The lowest BCUT2D eigenvalue weighted by Crippen LogP contribution is -2.44. The Balaban J connectivity index is 1.76. The lowest BCUT2D eigenvalue weighted by molar-refractivity contribution is -0.126. The van der Waals surface area contributed by atoms with Crippen molar-refractivity contribution in [2.75, 3.05) is 12.4 Å². The molecule has 0 saturated heterocycles. The largest absolute Gasteiger partial charge is 0.465 e. The second-order valence-electron chi connectivity index (χ2n) is 7.50. The summed E-state index contributed by atoms with van der Waals surface area (Å²) in [5.74, 6) is -1.69. The number of esters is 1. The number of methoxy groups -OCH3 is 1. The van der Waals surface area contributed by atoms with Crippen molar-refractivity contribution in [1.82, 2.24) is 5.32 Å². The summed E-state index contributed by atoms with van der Waals surface area (Å²) in [5, 5.41) is 5.61. The van der Waals surface area contributed by atoms with Gasteiger partial charge in [-0.15, -0.1) is 0 Å². The number of carbonyl (C=O) groups is 3. The SMILES string of the molecule is COC(=O)c1ccc(C)c(NC(=O)C(C)NC(=O)C(c2ccccc2)c2ccccc2)c1. The van der Waals surface area contributed by atoms with Gasteiger partial charge in [-0.1, -0.05) is 66.7 Å². The molecule has 3 aromatic rings. The maximum absolute atomic E-state index is 13.2. The molecule has 1 atom stereocenters. The highest BCUT2D eigenvalue weighted by atomic mass is 16.5. The van der Waals surface area contributed by atoms with Crippen LogP contribution in [-0.4, -0.2) is 30.9 Å². The molecule has 1 unspecified atom stereocenters. The molecule has 32 heavy (non-hydrogen) atoms. The molecule has 2 N–H and O–H groups in total. The molecule has 0 saturated carbocycles. The predicted molar refractivity (Wildman–Crippen MR) is 123 cm³/mol. The Kier molecular flexibility index (Phi) is 7.39. The average molecular weight is 431 g/mol. The molecular weight excluding hydrogens is 404 g/mol. The summed E-state index contributed by atoms with van der Waals surface area (Å²) in [6.45, 7) is 3.44. The van der Waals surface area contributed by atoms with Crippen LogP contribution in [0.2, 0.25) is 0 Å². The third kappa shape index (κ3) is 5.40. The lowest BCUT2D eigenvalue weighted by Gasteiger charge is -2.21. The predicted octanol–water partition coefficient (Wildman–Crippen LogP) is 4.06. The number of benzene rings is 3. The molecule has 0 heterocycles. The van der Waals surface area contributed by atoms with Crippen LogP contribution in [-0.2, 0) is 14.3 Å². The minimum atomic E-state index is -0.793. The van der Waals surface area contributed by atoms with E-state index in [4.69, 9.17) is 4.74 Å². The quantitative estimate of drug-likeness (QED) is 0.554. The second-order valence-corrected chi connectivity index (χ2v) is 7.50. The summed E-state index contributed by atoms with van der Waals surface area (Å²) in [4.78, 5) is 37.8. The topological polar surface area (TPSA) is 84.5 Å². The van der Waals surface area contributed by atoms with E-state index in [1.54, 1.807) is 25.1 Å². The van der Waals surface area contributed by atoms with Crippen molar-refractivity contribution in [1.29, 1.82) is 0 Å². The fourth-order valence-electron chi connectivity index (χ4n) is 3.39. The Morgan fingerprint density at radius 1 is 0.812 bits per heavy atom. The van der Waals surface area contributed by atoms with Gasteiger partial charge in [-0.05, 0) is 42.7 Å². The van der Waals surface area contributed by atoms with Crippen LogP contribution in [0.4, 0.5) is 5.69 Å². The van der Waals surface area contributed by atoms with Gasteiger partial charge in [-0.2, -0.15) is 0 Å². The van der Waals surface area contributed by atoms with Crippen molar-refractivity contribution in [2.24, 2.45) is 0 Å². The molecule has 0 bridgehead atoms. The first-order valence-corrected chi connectivity index (χ1v) is 10.3. The van der Waals surface area contributed by atoms with Gasteiger partial charge in [-0.3, -0.25) is 9.59 Å². The number of hydrogen-bond acceptors (Lipinski definition) is 4. The Hall–Kier alpha value is -3.93. The van der Waals surface area contributed by atoms with Gasteiger partial charge in [0.25, 0.3) is 0 Å². The van der Waals surface area contributed by atoms with Gasteiger partial charge in [-0.25, -0.2) is 4.79 Å². The molecule has 0 aliphatic heterocycles. The summed E-state index contributed by atoms with van der Waals surface area (Å²) in [6.07, 6.45) is 0. The van der Waals surface area contributed by atoms with E-state index in [1.807, 2.05) is 67.6 Å². The lowest BCUT2D eigenvalue weighted by atomic mass is 9.90. The highest BCUT2D eigenvalue weighted by molar-refractivity contribution is 6.00. The fourth-order valence-corrected chi connectivity index (χ4v) is 3.39. The monoisotopic (exact) mass is 430 g/mol. The van der Waals surface area contributed by atoms with E-state index >= 15 is 0 Å². The molecule has 2 amide bonds. The number of rotatable bonds is 7. The molecule has 0 spiro atoms. The molecule has 0 aromatic heterocycles. The zero-order valence-corrected chi connectivity index (χ0v) is 18.3. The number of nitrogens with one attached hydrogen (secondary N) is 2. The first-order valence-electron chi connectivity index (χ1n) is 10.3. The minimum absolute atomic E-state index is 0.273. The van der Waals surface area contributed by atoms with Crippen molar-refractivity contribution in [3.63, 3.8) is 0 Å². The van der Waals surface area contributed by atoms with Crippen LogP contribution in [0.1, 0.15) is 39.9 Å². The van der Waals surface area contributed by atoms with Gasteiger partial charge in [0.2, 0.25) is 11.8 Å². The zero-order chi connectivity index (χ0) is 23.1. The van der Waals surface area contributed by atoms with E-state index in [9.17, 15) is 14.4 Å². The molecule has 3 aromatic carbocycles. The van der Waals surface area contributed by atoms with Crippen molar-refractivity contribution < 1.29 is 19.1 Å². The molecule has 164 valence electrons. The molecule has 6 heteroatoms. The van der Waals surface area contributed by atoms with E-state index < -0.39 is 17.9 Å². The van der Waals surface area contributed by atoms with Gasteiger partial charge in [0.05, 0.1) is 18.6 Å². The molecule has 0 fully saturated rings. The maximum atomic E-state index is 13.2. The third-order valence-electron chi connectivity index (χ3n) is 5.20. The van der Waals surface area contributed by atoms with Crippen LogP contribution in [0.5, 0.6) is 0 Å². The third-order valence-corrected chi connectivity index (χ3v) is 5.20. The number of anilines is 1. The number of ether oxygens (including phenoxy) is 1. The second kappa shape index (κ2) is 10.4. The van der Waals surface area contributed by atoms with E-state index in [2.05, 4.69) is 10.6 Å². The van der Waals surface area contributed by atoms with Gasteiger partial charge in [0.15, 0.2) is 0 Å². The highest BCUT2D eigenvalue weighted by Crippen LogP contribution is 2.25. The Morgan fingerprint density at radius 2 is 1.38 bits per heavy atom. The Labute approximate surface area is 187 Å². The molecule has 0 aliphatic carbocycles. The average Bonchev–Trinajstić information content (AvgIpc) is 2.81. The summed E-state index contributed by atoms with van der Waals surface area (Å²) in [7, 11) is 1.30. The van der Waals surface area contributed by atoms with Crippen LogP contribution in [0.25, 0.3) is 0 Å².